The summed E-state index contributed by atoms with van der Waals surface area (Å²) in [5, 5.41) is 9.41. The molecular weight excluding hydrogens is 281 g/mol. The highest BCUT2D eigenvalue weighted by Gasteiger charge is 2.21. The molecule has 0 aliphatic heterocycles. The highest BCUT2D eigenvalue weighted by molar-refractivity contribution is 7.21. The minimum atomic E-state index is -0.460. The molecular formula is C14H16FNO3S. The van der Waals surface area contributed by atoms with Gasteiger partial charge in [0.15, 0.2) is 0 Å². The van der Waals surface area contributed by atoms with Crippen molar-refractivity contribution in [2.24, 2.45) is 0 Å². The van der Waals surface area contributed by atoms with Crippen LogP contribution in [-0.2, 0) is 11.3 Å². The maximum absolute atomic E-state index is 14.1. The van der Waals surface area contributed by atoms with Gasteiger partial charge < -0.3 is 9.84 Å². The molecule has 0 unspecified atom stereocenters. The molecule has 0 aliphatic carbocycles. The Bertz CT molecular complexity index is 626. The average Bonchev–Trinajstić information content (AvgIpc) is 2.78. The predicted molar refractivity (Wildman–Crippen MR) is 76.5 cm³/mol. The molecule has 2 rings (SSSR count). The van der Waals surface area contributed by atoms with Crippen molar-refractivity contribution in [3.8, 4) is 0 Å². The summed E-state index contributed by atoms with van der Waals surface area (Å²) >= 11 is 1.23. The van der Waals surface area contributed by atoms with Gasteiger partial charge in [-0.05, 0) is 19.2 Å². The fourth-order valence-electron chi connectivity index (χ4n) is 2.10. The second kappa shape index (κ2) is 6.30. The van der Waals surface area contributed by atoms with Gasteiger partial charge in [-0.3, -0.25) is 4.90 Å². The standard InChI is InChI=1S/C14H16FNO3S/c1-16(6-7-17)8-9-12-10(15)4-3-5-11(12)20-13(9)14(18)19-2/h3-5,17H,6-8H2,1-2H3. The number of hydrogen-bond acceptors (Lipinski definition) is 5. The number of thiophene rings is 1. The van der Waals surface area contributed by atoms with Crippen LogP contribution in [0.25, 0.3) is 10.1 Å². The maximum Gasteiger partial charge on any atom is 0.348 e. The third-order valence-electron chi connectivity index (χ3n) is 3.04. The Balaban J connectivity index is 2.54. The van der Waals surface area contributed by atoms with Crippen molar-refractivity contribution in [3.05, 3.63) is 34.5 Å². The number of halogens is 1. The van der Waals surface area contributed by atoms with Crippen LogP contribution in [0.1, 0.15) is 15.2 Å². The van der Waals surface area contributed by atoms with E-state index in [1.165, 1.54) is 24.5 Å². The number of fused-ring (bicyclic) bond motifs is 1. The van der Waals surface area contributed by atoms with E-state index < -0.39 is 5.97 Å². The molecule has 1 aromatic carbocycles. The summed E-state index contributed by atoms with van der Waals surface area (Å²) in [5.41, 5.74) is 0.617. The minimum absolute atomic E-state index is 0.00854. The van der Waals surface area contributed by atoms with Crippen LogP contribution in [0.2, 0.25) is 0 Å². The molecule has 0 spiro atoms. The lowest BCUT2D eigenvalue weighted by atomic mass is 10.1. The normalized spacial score (nSPS) is 11.2. The topological polar surface area (TPSA) is 49.8 Å². The van der Waals surface area contributed by atoms with Crippen LogP contribution in [0.3, 0.4) is 0 Å². The van der Waals surface area contributed by atoms with Crippen LogP contribution in [0, 0.1) is 5.82 Å². The molecule has 2 aromatic rings. The van der Waals surface area contributed by atoms with Gasteiger partial charge in [0.2, 0.25) is 0 Å². The fourth-order valence-corrected chi connectivity index (χ4v) is 3.24. The van der Waals surface area contributed by atoms with Gasteiger partial charge in [-0.2, -0.15) is 0 Å². The molecule has 0 fully saturated rings. The summed E-state index contributed by atoms with van der Waals surface area (Å²) in [6, 6.07) is 4.78. The first-order chi connectivity index (χ1) is 9.58. The first-order valence-corrected chi connectivity index (χ1v) is 6.97. The zero-order chi connectivity index (χ0) is 14.7. The Hall–Kier alpha value is -1.50. The molecule has 1 aromatic heterocycles. The Morgan fingerprint density at radius 3 is 2.90 bits per heavy atom. The number of rotatable bonds is 5. The van der Waals surface area contributed by atoms with Crippen molar-refractivity contribution in [1.82, 2.24) is 4.90 Å². The molecule has 6 heteroatoms. The quantitative estimate of drug-likeness (QED) is 0.860. The molecule has 1 heterocycles. The van der Waals surface area contributed by atoms with Crippen molar-refractivity contribution in [3.63, 3.8) is 0 Å². The lowest BCUT2D eigenvalue weighted by Gasteiger charge is -2.15. The molecule has 4 nitrogen and oxygen atoms in total. The van der Waals surface area contributed by atoms with Crippen LogP contribution < -0.4 is 0 Å². The maximum atomic E-state index is 14.1. The minimum Gasteiger partial charge on any atom is -0.465 e. The van der Waals surface area contributed by atoms with Crippen molar-refractivity contribution in [2.45, 2.75) is 6.54 Å². The molecule has 0 saturated carbocycles. The van der Waals surface area contributed by atoms with Crippen LogP contribution in [-0.4, -0.2) is 43.3 Å². The van der Waals surface area contributed by atoms with Gasteiger partial charge in [0.1, 0.15) is 10.7 Å². The summed E-state index contributed by atoms with van der Waals surface area (Å²) in [6.07, 6.45) is 0. The predicted octanol–water partition coefficient (Wildman–Crippen LogP) is 2.25. The Labute approximate surface area is 120 Å². The number of hydrogen-bond donors (Lipinski definition) is 1. The molecule has 0 radical (unpaired) electrons. The summed E-state index contributed by atoms with van der Waals surface area (Å²) in [4.78, 5) is 14.1. The number of aliphatic hydroxyl groups excluding tert-OH is 1. The third kappa shape index (κ3) is 2.82. The van der Waals surface area contributed by atoms with Crippen molar-refractivity contribution >= 4 is 27.4 Å². The fraction of sp³-hybridized carbons (Fsp3) is 0.357. The zero-order valence-electron chi connectivity index (χ0n) is 11.4. The third-order valence-corrected chi connectivity index (χ3v) is 4.22. The number of benzene rings is 1. The number of methoxy groups -OCH3 is 1. The number of nitrogens with zero attached hydrogens (tertiary/aromatic N) is 1. The summed E-state index contributed by atoms with van der Waals surface area (Å²) in [6.45, 7) is 0.840. The van der Waals surface area contributed by atoms with Crippen LogP contribution in [0.4, 0.5) is 4.39 Å². The largest absolute Gasteiger partial charge is 0.465 e. The van der Waals surface area contributed by atoms with Gasteiger partial charge in [-0.25, -0.2) is 9.18 Å². The summed E-state index contributed by atoms with van der Waals surface area (Å²) in [5.74, 6) is -0.806. The number of aliphatic hydroxyl groups is 1. The Kier molecular flexibility index (Phi) is 4.69. The van der Waals surface area contributed by atoms with Gasteiger partial charge in [0, 0.05) is 28.7 Å². The molecule has 20 heavy (non-hydrogen) atoms. The smallest absolute Gasteiger partial charge is 0.348 e. The van der Waals surface area contributed by atoms with Crippen LogP contribution in [0.15, 0.2) is 18.2 Å². The number of esters is 1. The second-order valence-corrected chi connectivity index (χ2v) is 5.53. The SMILES string of the molecule is COC(=O)c1sc2cccc(F)c2c1CN(C)CCO. The van der Waals surface area contributed by atoms with Gasteiger partial charge in [0.25, 0.3) is 0 Å². The lowest BCUT2D eigenvalue weighted by molar-refractivity contribution is 0.0604. The first-order valence-electron chi connectivity index (χ1n) is 6.16. The van der Waals surface area contributed by atoms with E-state index in [1.54, 1.807) is 12.1 Å². The van der Waals surface area contributed by atoms with Crippen molar-refractivity contribution in [2.75, 3.05) is 27.3 Å². The van der Waals surface area contributed by atoms with Crippen molar-refractivity contribution in [1.29, 1.82) is 0 Å². The van der Waals surface area contributed by atoms with E-state index in [1.807, 2.05) is 11.9 Å². The summed E-state index contributed by atoms with van der Waals surface area (Å²) in [7, 11) is 3.12. The Morgan fingerprint density at radius 2 is 2.25 bits per heavy atom. The van der Waals surface area contributed by atoms with E-state index in [9.17, 15) is 9.18 Å². The van der Waals surface area contributed by atoms with Gasteiger partial charge in [0.05, 0.1) is 13.7 Å². The monoisotopic (exact) mass is 297 g/mol. The van der Waals surface area contributed by atoms with Crippen molar-refractivity contribution < 1.29 is 19.0 Å². The number of ether oxygens (including phenoxy) is 1. The lowest BCUT2D eigenvalue weighted by Crippen LogP contribution is -2.22. The number of likely N-dealkylation sites (N-methyl/N-ethyl adjacent to an activating group) is 1. The van der Waals surface area contributed by atoms with E-state index in [2.05, 4.69) is 0 Å². The molecule has 0 aliphatic rings. The van der Waals surface area contributed by atoms with Gasteiger partial charge in [-0.1, -0.05) is 6.07 Å². The van der Waals surface area contributed by atoms with Crippen LogP contribution in [0.5, 0.6) is 0 Å². The second-order valence-electron chi connectivity index (χ2n) is 4.48. The average molecular weight is 297 g/mol. The van der Waals surface area contributed by atoms with E-state index in [4.69, 9.17) is 9.84 Å². The molecule has 1 N–H and O–H groups in total. The van der Waals surface area contributed by atoms with Gasteiger partial charge in [-0.15, -0.1) is 11.3 Å². The number of carbonyl (C=O) groups is 1. The van der Waals surface area contributed by atoms with Crippen LogP contribution >= 0.6 is 11.3 Å². The van der Waals surface area contributed by atoms with E-state index in [0.29, 0.717) is 28.9 Å². The molecule has 0 bridgehead atoms. The number of carbonyl (C=O) groups excluding carboxylic acids is 1. The van der Waals surface area contributed by atoms with E-state index in [0.717, 1.165) is 4.70 Å². The molecule has 0 amide bonds. The first kappa shape index (κ1) is 14.9. The zero-order valence-corrected chi connectivity index (χ0v) is 12.2. The molecule has 0 atom stereocenters. The molecule has 108 valence electrons. The summed E-state index contributed by atoms with van der Waals surface area (Å²) < 4.78 is 19.5. The van der Waals surface area contributed by atoms with Gasteiger partial charge >= 0.3 is 5.97 Å². The molecule has 0 saturated heterocycles. The van der Waals surface area contributed by atoms with E-state index >= 15 is 0 Å². The highest BCUT2D eigenvalue weighted by atomic mass is 32.1. The Morgan fingerprint density at radius 1 is 1.50 bits per heavy atom. The highest BCUT2D eigenvalue weighted by Crippen LogP contribution is 2.34. The van der Waals surface area contributed by atoms with E-state index in [-0.39, 0.29) is 12.4 Å².